The van der Waals surface area contributed by atoms with Crippen molar-refractivity contribution in [2.45, 2.75) is 0 Å². The lowest BCUT2D eigenvalue weighted by molar-refractivity contribution is 0.370. The van der Waals surface area contributed by atoms with E-state index in [0.29, 0.717) is 11.3 Å². The lowest BCUT2D eigenvalue weighted by Gasteiger charge is -2.05. The number of fused-ring (bicyclic) bond motifs is 1. The maximum Gasteiger partial charge on any atom is 0.362 e. The molecule has 3 rings (SSSR count). The minimum absolute atomic E-state index is 0.170. The van der Waals surface area contributed by atoms with Crippen LogP contribution in [0, 0.1) is 12.3 Å². The number of hydrogen-bond donors (Lipinski definition) is 0. The molecule has 0 radical (unpaired) electrons. The van der Waals surface area contributed by atoms with Crippen molar-refractivity contribution in [2.75, 3.05) is 6.61 Å². The van der Waals surface area contributed by atoms with Gasteiger partial charge in [0.15, 0.2) is 0 Å². The third-order valence-corrected chi connectivity index (χ3v) is 3.20. The molecule has 4 heteroatoms. The Labute approximate surface area is 133 Å². The molecule has 0 unspecified atom stereocenters. The van der Waals surface area contributed by atoms with E-state index < -0.39 is 5.63 Å². The van der Waals surface area contributed by atoms with Crippen LogP contribution in [0.1, 0.15) is 5.56 Å². The molecule has 0 bridgehead atoms. The summed E-state index contributed by atoms with van der Waals surface area (Å²) >= 11 is 0. The highest BCUT2D eigenvalue weighted by atomic mass is 16.5. The van der Waals surface area contributed by atoms with Crippen molar-refractivity contribution in [1.29, 1.82) is 0 Å². The van der Waals surface area contributed by atoms with Gasteiger partial charge in [0.2, 0.25) is 0 Å². The Morgan fingerprint density at radius 3 is 2.83 bits per heavy atom. The highest BCUT2D eigenvalue weighted by molar-refractivity contribution is 5.86. The van der Waals surface area contributed by atoms with Crippen LogP contribution in [0.15, 0.2) is 68.8 Å². The Morgan fingerprint density at radius 1 is 1.17 bits per heavy atom. The zero-order chi connectivity index (χ0) is 16.1. The second-order valence-corrected chi connectivity index (χ2v) is 4.75. The number of para-hydroxylation sites is 2. The topological polar surface area (TPSA) is 51.8 Å². The summed E-state index contributed by atoms with van der Waals surface area (Å²) in [6.45, 7) is 0.170. The first-order valence-corrected chi connectivity index (χ1v) is 7.00. The van der Waals surface area contributed by atoms with Gasteiger partial charge in [0.1, 0.15) is 23.6 Å². The van der Waals surface area contributed by atoms with Gasteiger partial charge in [0.05, 0.1) is 0 Å². The SMILES string of the molecule is C#CCOc1ccccc1C=Nc1cc2ccccc2oc1=O. The van der Waals surface area contributed by atoms with E-state index in [1.54, 1.807) is 24.4 Å². The van der Waals surface area contributed by atoms with Crippen molar-refractivity contribution in [1.82, 2.24) is 0 Å². The van der Waals surface area contributed by atoms with Crippen LogP contribution in [0.5, 0.6) is 5.75 Å². The molecule has 0 saturated carbocycles. The van der Waals surface area contributed by atoms with Crippen LogP contribution < -0.4 is 10.4 Å². The summed E-state index contributed by atoms with van der Waals surface area (Å²) in [5, 5.41) is 0.816. The summed E-state index contributed by atoms with van der Waals surface area (Å²) in [6, 6.07) is 16.3. The molecule has 0 aliphatic heterocycles. The first-order chi connectivity index (χ1) is 11.3. The minimum atomic E-state index is -0.484. The van der Waals surface area contributed by atoms with Crippen molar-refractivity contribution < 1.29 is 9.15 Å². The van der Waals surface area contributed by atoms with Gasteiger partial charge < -0.3 is 9.15 Å². The van der Waals surface area contributed by atoms with Crippen LogP contribution in [0.3, 0.4) is 0 Å². The summed E-state index contributed by atoms with van der Waals surface area (Å²) in [5.74, 6) is 3.03. The third-order valence-electron chi connectivity index (χ3n) is 3.20. The zero-order valence-corrected chi connectivity index (χ0v) is 12.2. The molecule has 3 aromatic rings. The maximum atomic E-state index is 12.0. The van der Waals surface area contributed by atoms with Crippen molar-refractivity contribution in [3.05, 3.63) is 70.6 Å². The van der Waals surface area contributed by atoms with Crippen LogP contribution in [0.25, 0.3) is 11.0 Å². The summed E-state index contributed by atoms with van der Waals surface area (Å²) in [4.78, 5) is 16.2. The minimum Gasteiger partial charge on any atom is -0.480 e. The molecule has 1 aromatic heterocycles. The predicted octanol–water partition coefficient (Wildman–Crippen LogP) is 3.56. The summed E-state index contributed by atoms with van der Waals surface area (Å²) < 4.78 is 10.7. The van der Waals surface area contributed by atoms with Crippen molar-refractivity contribution >= 4 is 22.9 Å². The Kier molecular flexibility index (Phi) is 4.21. The predicted molar refractivity (Wildman–Crippen MR) is 90.5 cm³/mol. The number of ether oxygens (including phenoxy) is 1. The highest BCUT2D eigenvalue weighted by Gasteiger charge is 2.04. The molecule has 0 saturated heterocycles. The zero-order valence-electron chi connectivity index (χ0n) is 12.2. The largest absolute Gasteiger partial charge is 0.480 e. The van der Waals surface area contributed by atoms with Crippen LogP contribution in [-0.2, 0) is 0 Å². The number of hydrogen-bond acceptors (Lipinski definition) is 4. The first kappa shape index (κ1) is 14.6. The molecule has 0 fully saturated rings. The number of aliphatic imine (C=N–C) groups is 1. The van der Waals surface area contributed by atoms with Gasteiger partial charge in [-0.3, -0.25) is 0 Å². The second kappa shape index (κ2) is 6.63. The van der Waals surface area contributed by atoms with Crippen LogP contribution >= 0.6 is 0 Å². The molecular weight excluding hydrogens is 290 g/mol. The molecule has 0 aliphatic carbocycles. The van der Waals surface area contributed by atoms with Gasteiger partial charge in [-0.05, 0) is 24.3 Å². The first-order valence-electron chi connectivity index (χ1n) is 7.00. The molecular formula is C19H13NO3. The average Bonchev–Trinajstić information content (AvgIpc) is 2.59. The standard InChI is InChI=1S/C19H13NO3/c1-2-11-22-17-9-5-4-8-15(17)13-20-16-12-14-7-3-6-10-18(14)23-19(16)21/h1,3-10,12-13H,11H2. The monoisotopic (exact) mass is 303 g/mol. The van der Waals surface area contributed by atoms with E-state index in [1.165, 1.54) is 0 Å². The van der Waals surface area contributed by atoms with Gasteiger partial charge in [0, 0.05) is 17.2 Å². The molecule has 0 N–H and O–H groups in total. The molecule has 0 aliphatic rings. The van der Waals surface area contributed by atoms with Gasteiger partial charge in [-0.2, -0.15) is 0 Å². The molecule has 0 spiro atoms. The summed E-state index contributed by atoms with van der Waals surface area (Å²) in [6.07, 6.45) is 6.76. The molecule has 23 heavy (non-hydrogen) atoms. The molecule has 0 amide bonds. The lowest BCUT2D eigenvalue weighted by Crippen LogP contribution is -1.99. The lowest BCUT2D eigenvalue weighted by atomic mass is 10.2. The van der Waals surface area contributed by atoms with Crippen molar-refractivity contribution in [2.24, 2.45) is 4.99 Å². The van der Waals surface area contributed by atoms with E-state index in [9.17, 15) is 4.79 Å². The van der Waals surface area contributed by atoms with Gasteiger partial charge in [0.25, 0.3) is 0 Å². The highest BCUT2D eigenvalue weighted by Crippen LogP contribution is 2.19. The van der Waals surface area contributed by atoms with Gasteiger partial charge in [-0.25, -0.2) is 9.79 Å². The van der Waals surface area contributed by atoms with E-state index in [2.05, 4.69) is 10.9 Å². The fraction of sp³-hybridized carbons (Fsp3) is 0.0526. The van der Waals surface area contributed by atoms with E-state index in [1.807, 2.05) is 36.4 Å². The van der Waals surface area contributed by atoms with Gasteiger partial charge >= 0.3 is 5.63 Å². The second-order valence-electron chi connectivity index (χ2n) is 4.75. The smallest absolute Gasteiger partial charge is 0.362 e. The summed E-state index contributed by atoms with van der Waals surface area (Å²) in [5.41, 5.74) is 1.02. The third kappa shape index (κ3) is 3.30. The van der Waals surface area contributed by atoms with Gasteiger partial charge in [-0.15, -0.1) is 6.42 Å². The Morgan fingerprint density at radius 2 is 1.96 bits per heavy atom. The average molecular weight is 303 g/mol. The molecule has 112 valence electrons. The number of benzene rings is 2. The molecule has 4 nitrogen and oxygen atoms in total. The van der Waals surface area contributed by atoms with Crippen molar-refractivity contribution in [3.63, 3.8) is 0 Å². The van der Waals surface area contributed by atoms with Crippen LogP contribution in [0.2, 0.25) is 0 Å². The number of nitrogens with zero attached hydrogens (tertiary/aromatic N) is 1. The maximum absolute atomic E-state index is 12.0. The van der Waals surface area contributed by atoms with Crippen LogP contribution in [-0.4, -0.2) is 12.8 Å². The fourth-order valence-electron chi connectivity index (χ4n) is 2.12. The Hall–Kier alpha value is -3.32. The molecule has 1 heterocycles. The fourth-order valence-corrected chi connectivity index (χ4v) is 2.12. The number of rotatable bonds is 4. The van der Waals surface area contributed by atoms with E-state index in [0.717, 1.165) is 10.9 Å². The van der Waals surface area contributed by atoms with Gasteiger partial charge in [-0.1, -0.05) is 36.3 Å². The summed E-state index contributed by atoms with van der Waals surface area (Å²) in [7, 11) is 0. The molecule has 2 aromatic carbocycles. The van der Waals surface area contributed by atoms with Crippen LogP contribution in [0.4, 0.5) is 5.69 Å². The Bertz CT molecular complexity index is 964. The normalized spacial score (nSPS) is 10.7. The quantitative estimate of drug-likeness (QED) is 0.421. The van der Waals surface area contributed by atoms with Crippen molar-refractivity contribution in [3.8, 4) is 18.1 Å². The number of terminal acetylenes is 1. The van der Waals surface area contributed by atoms with E-state index in [-0.39, 0.29) is 12.3 Å². The van der Waals surface area contributed by atoms with E-state index >= 15 is 0 Å². The van der Waals surface area contributed by atoms with E-state index in [4.69, 9.17) is 15.6 Å². The Balaban J connectivity index is 1.96. The molecule has 0 atom stereocenters.